The van der Waals surface area contributed by atoms with E-state index in [1.54, 1.807) is 6.07 Å². The zero-order chi connectivity index (χ0) is 24.9. The Labute approximate surface area is 181 Å². The fourth-order valence-corrected chi connectivity index (χ4v) is 2.91. The number of carbonyl (C=O) groups is 1. The Hall–Kier alpha value is -1.53. The van der Waals surface area contributed by atoms with Crippen LogP contribution in [0.2, 0.25) is 0 Å². The first-order valence-corrected chi connectivity index (χ1v) is 11.6. The van der Waals surface area contributed by atoms with E-state index in [2.05, 4.69) is 5.32 Å². The molecule has 2 N–H and O–H groups in total. The summed E-state index contributed by atoms with van der Waals surface area (Å²) in [6, 6.07) is 5.37. The Morgan fingerprint density at radius 3 is 2.12 bits per heavy atom. The molecule has 32 heavy (non-hydrogen) atoms. The number of nitrogens with zero attached hydrogens (tertiary/aromatic N) is 1. The van der Waals surface area contributed by atoms with E-state index < -0.39 is 31.1 Å². The first kappa shape index (κ1) is 28.5. The molecule has 1 aromatic carbocycles. The van der Waals surface area contributed by atoms with Gasteiger partial charge in [-0.1, -0.05) is 17.7 Å². The summed E-state index contributed by atoms with van der Waals surface area (Å²) < 4.78 is 110. The Bertz CT molecular complexity index is 754. The Balaban J connectivity index is 0.000000633. The van der Waals surface area contributed by atoms with Crippen LogP contribution in [0.3, 0.4) is 0 Å². The molecule has 1 atom stereocenters. The van der Waals surface area contributed by atoms with Gasteiger partial charge in [0.15, 0.2) is 0 Å². The van der Waals surface area contributed by atoms with Crippen LogP contribution in [0, 0.1) is 0 Å². The smallest absolute Gasteiger partial charge is 0.360 e. The third kappa shape index (κ3) is 13.8. The van der Waals surface area contributed by atoms with Crippen molar-refractivity contribution in [3.63, 3.8) is 0 Å². The molecule has 2 rings (SSSR count). The van der Waals surface area contributed by atoms with Crippen molar-refractivity contribution in [2.45, 2.75) is 18.2 Å². The van der Waals surface area contributed by atoms with Gasteiger partial charge in [0.1, 0.15) is 0 Å². The summed E-state index contributed by atoms with van der Waals surface area (Å²) in [7, 11) is -10.7. The maximum atomic E-state index is 12.8. The van der Waals surface area contributed by atoms with E-state index in [9.17, 15) is 47.5 Å². The summed E-state index contributed by atoms with van der Waals surface area (Å²) in [6.45, 7) is 4.08. The van der Waals surface area contributed by atoms with Gasteiger partial charge in [0.25, 0.3) is 11.5 Å². The number of benzene rings is 1. The average Bonchev–Trinajstić information content (AvgIpc) is 2.62. The zero-order valence-electron chi connectivity index (χ0n) is 16.3. The van der Waals surface area contributed by atoms with Crippen molar-refractivity contribution in [2.24, 2.45) is 0 Å². The summed E-state index contributed by atoms with van der Waals surface area (Å²) in [4.78, 5) is 14.2. The van der Waals surface area contributed by atoms with Crippen molar-refractivity contribution >= 4 is 31.0 Å². The Morgan fingerprint density at radius 2 is 1.66 bits per heavy atom. The Kier molecular flexibility index (Phi) is 8.69. The van der Waals surface area contributed by atoms with Gasteiger partial charge in [-0.25, -0.2) is 4.39 Å². The molecule has 4 nitrogen and oxygen atoms in total. The fraction of sp³-hybridized carbons (Fsp3) is 0.562. The maximum Gasteiger partial charge on any atom is 0.416 e. The van der Waals surface area contributed by atoms with Crippen molar-refractivity contribution < 1.29 is 52.4 Å². The van der Waals surface area contributed by atoms with Crippen LogP contribution in [0.25, 0.3) is 0 Å². The number of carbonyl (C=O) groups excluding carboxylic acids is 1. The molecule has 0 bridgehead atoms. The second-order valence-corrected chi connectivity index (χ2v) is 9.24. The molecule has 1 saturated heterocycles. The molecule has 0 saturated carbocycles. The van der Waals surface area contributed by atoms with Crippen LogP contribution in [0.1, 0.15) is 12.0 Å². The molecule has 1 amide bonds. The number of quaternary nitrogens is 1. The third-order valence-electron chi connectivity index (χ3n) is 4.21. The average molecular weight is 528 g/mol. The first-order chi connectivity index (χ1) is 14.2. The summed E-state index contributed by atoms with van der Waals surface area (Å²) in [6.07, 6.45) is -3.65. The number of hydrogen-bond acceptors (Lipinski definition) is 2. The van der Waals surface area contributed by atoms with Gasteiger partial charge in [-0.2, -0.15) is 13.2 Å². The van der Waals surface area contributed by atoms with Crippen LogP contribution >= 0.6 is 19.4 Å². The van der Waals surface area contributed by atoms with Gasteiger partial charge in [0.05, 0.1) is 38.3 Å². The molecule has 1 aromatic rings. The molecule has 1 aliphatic heterocycles. The predicted octanol–water partition coefficient (Wildman–Crippen LogP) is 4.83. The SMILES string of the molecule is F[P-](F)(F)(F)(F)F.O=C(NCCC[NH+]1CCN(c2cccc(C(F)(F)F)c2)CC1)C(F)Cl. The minimum atomic E-state index is -10.7. The number of nitrogens with one attached hydrogen (secondary N) is 2. The number of halogens is 11. The molecule has 16 heteroatoms. The second-order valence-electron chi connectivity index (χ2n) is 6.94. The maximum absolute atomic E-state index is 12.8. The van der Waals surface area contributed by atoms with Gasteiger partial charge < -0.3 is 15.1 Å². The topological polar surface area (TPSA) is 36.8 Å². The largest absolute Gasteiger partial charge is 0.416 e. The van der Waals surface area contributed by atoms with Crippen LogP contribution in [-0.4, -0.2) is 50.8 Å². The van der Waals surface area contributed by atoms with Crippen molar-refractivity contribution in [3.05, 3.63) is 29.8 Å². The monoisotopic (exact) mass is 527 g/mol. The molecule has 0 aromatic heterocycles. The van der Waals surface area contributed by atoms with Crippen LogP contribution in [0.4, 0.5) is 48.4 Å². The number of amides is 1. The summed E-state index contributed by atoms with van der Waals surface area (Å²) >= 11 is 5.01. The van der Waals surface area contributed by atoms with Crippen LogP contribution in [0.15, 0.2) is 24.3 Å². The van der Waals surface area contributed by atoms with Crippen molar-refractivity contribution in [3.8, 4) is 0 Å². The molecule has 188 valence electrons. The number of alkyl halides is 5. The first-order valence-electron chi connectivity index (χ1n) is 9.10. The normalized spacial score (nSPS) is 18.7. The molecule has 1 heterocycles. The number of piperazine rings is 1. The van der Waals surface area contributed by atoms with Gasteiger partial charge >= 0.3 is 39.2 Å². The fourth-order valence-electron chi connectivity index (χ4n) is 2.84. The van der Waals surface area contributed by atoms with E-state index in [0.717, 1.165) is 25.7 Å². The van der Waals surface area contributed by atoms with E-state index >= 15 is 0 Å². The van der Waals surface area contributed by atoms with Gasteiger partial charge in [0, 0.05) is 18.7 Å². The van der Waals surface area contributed by atoms with Crippen LogP contribution < -0.4 is 15.1 Å². The zero-order valence-corrected chi connectivity index (χ0v) is 17.9. The van der Waals surface area contributed by atoms with Crippen LogP contribution in [0.5, 0.6) is 0 Å². The minimum Gasteiger partial charge on any atom is -0.360 e. The summed E-state index contributed by atoms with van der Waals surface area (Å²) in [5, 5.41) is 2.40. The van der Waals surface area contributed by atoms with Gasteiger partial charge in [0.2, 0.25) is 0 Å². The molecular weight excluding hydrogens is 507 g/mol. The van der Waals surface area contributed by atoms with Gasteiger partial charge in [-0.05, 0) is 18.2 Å². The van der Waals surface area contributed by atoms with Gasteiger partial charge in [-0.3, -0.25) is 4.79 Å². The van der Waals surface area contributed by atoms with E-state index in [-0.39, 0.29) is 0 Å². The number of rotatable bonds is 6. The van der Waals surface area contributed by atoms with E-state index in [1.807, 2.05) is 4.90 Å². The molecule has 0 radical (unpaired) electrons. The quantitative estimate of drug-likeness (QED) is 0.241. The standard InChI is InChI=1S/C16H20ClF4N3O.F6P/c17-14(18)15(25)22-5-2-6-23-7-9-24(10-8-23)13-4-1-3-12(11-13)16(19,20)21;1-7(2,3,4,5)6/h1,3-4,11,14H,2,5-10H2,(H,22,25);/q;-1/p+1. The molecule has 1 unspecified atom stereocenters. The number of anilines is 1. The second kappa shape index (κ2) is 9.76. The predicted molar refractivity (Wildman–Crippen MR) is 101 cm³/mol. The van der Waals surface area contributed by atoms with E-state index in [4.69, 9.17) is 11.6 Å². The molecule has 1 fully saturated rings. The van der Waals surface area contributed by atoms with Crippen molar-refractivity contribution in [2.75, 3.05) is 44.2 Å². The van der Waals surface area contributed by atoms with E-state index in [1.165, 1.54) is 17.0 Å². The summed E-state index contributed by atoms with van der Waals surface area (Å²) in [5.74, 6) is -0.828. The minimum absolute atomic E-state index is 0.354. The molecule has 0 aliphatic carbocycles. The van der Waals surface area contributed by atoms with Crippen LogP contribution in [-0.2, 0) is 11.0 Å². The van der Waals surface area contributed by atoms with E-state index in [0.29, 0.717) is 31.7 Å². The van der Waals surface area contributed by atoms with Gasteiger partial charge in [-0.15, -0.1) is 0 Å². The third-order valence-corrected chi connectivity index (χ3v) is 4.41. The van der Waals surface area contributed by atoms with Crippen molar-refractivity contribution in [1.82, 2.24) is 5.32 Å². The Morgan fingerprint density at radius 1 is 1.12 bits per heavy atom. The molecule has 1 aliphatic rings. The molecular formula is C16H21ClF10N3OP. The number of hydrogen-bond donors (Lipinski definition) is 2. The van der Waals surface area contributed by atoms with Crippen molar-refractivity contribution in [1.29, 1.82) is 0 Å². The molecule has 0 spiro atoms. The summed E-state index contributed by atoms with van der Waals surface area (Å²) in [5.41, 5.74) is -2.08.